The lowest BCUT2D eigenvalue weighted by Crippen LogP contribution is -2.35. The smallest absolute Gasteiger partial charge is 0.128 e. The number of para-hydroxylation sites is 1. The monoisotopic (exact) mass is 395 g/mol. The molecular formula is C23H29N3OS. The second-order valence-corrected chi connectivity index (χ2v) is 8.63. The van der Waals surface area contributed by atoms with Gasteiger partial charge in [0.1, 0.15) is 10.8 Å². The summed E-state index contributed by atoms with van der Waals surface area (Å²) >= 11 is 1.73. The first kappa shape index (κ1) is 19.3. The van der Waals surface area contributed by atoms with E-state index in [9.17, 15) is 0 Å². The van der Waals surface area contributed by atoms with Crippen molar-refractivity contribution in [3.05, 3.63) is 42.6 Å². The summed E-state index contributed by atoms with van der Waals surface area (Å²) in [4.78, 5) is 11.9. The van der Waals surface area contributed by atoms with Crippen LogP contribution in [0.1, 0.15) is 39.0 Å². The number of aromatic nitrogens is 2. The molecular weight excluding hydrogens is 366 g/mol. The molecule has 3 aromatic rings. The summed E-state index contributed by atoms with van der Waals surface area (Å²) < 4.78 is 7.09. The van der Waals surface area contributed by atoms with Crippen LogP contribution in [0.5, 0.6) is 0 Å². The van der Waals surface area contributed by atoms with Gasteiger partial charge in [-0.1, -0.05) is 31.9 Å². The topological polar surface area (TPSA) is 38.2 Å². The Morgan fingerprint density at radius 1 is 1.11 bits per heavy atom. The second-order valence-electron chi connectivity index (χ2n) is 7.60. The highest BCUT2D eigenvalue weighted by Gasteiger charge is 2.20. The molecule has 2 aromatic heterocycles. The van der Waals surface area contributed by atoms with E-state index in [4.69, 9.17) is 14.7 Å². The van der Waals surface area contributed by atoms with E-state index >= 15 is 0 Å². The van der Waals surface area contributed by atoms with Gasteiger partial charge in [0.2, 0.25) is 0 Å². The first-order valence-electron chi connectivity index (χ1n) is 10.5. The normalized spacial score (nSPS) is 15.4. The summed E-state index contributed by atoms with van der Waals surface area (Å²) in [7, 11) is 0. The number of rotatable bonds is 8. The summed E-state index contributed by atoms with van der Waals surface area (Å²) in [6.45, 7) is 6.20. The predicted octanol–water partition coefficient (Wildman–Crippen LogP) is 5.78. The third kappa shape index (κ3) is 4.70. The number of hydrogen-bond acceptors (Lipinski definition) is 5. The van der Waals surface area contributed by atoms with Crippen molar-refractivity contribution < 1.29 is 4.74 Å². The van der Waals surface area contributed by atoms with Crippen molar-refractivity contribution in [2.45, 2.75) is 39.0 Å². The van der Waals surface area contributed by atoms with Gasteiger partial charge in [-0.15, -0.1) is 11.3 Å². The molecule has 0 amide bonds. The zero-order valence-electron chi connectivity index (χ0n) is 16.6. The first-order valence-corrected chi connectivity index (χ1v) is 11.3. The Morgan fingerprint density at radius 2 is 1.96 bits per heavy atom. The molecule has 0 spiro atoms. The maximum absolute atomic E-state index is 5.87. The SMILES string of the molecule is CCCCCOCC1CCN(c2ccc(-c3nc4ccccc4s3)cn2)CC1. The Kier molecular flexibility index (Phi) is 6.55. The minimum Gasteiger partial charge on any atom is -0.381 e. The summed E-state index contributed by atoms with van der Waals surface area (Å²) in [5, 5.41) is 1.04. The van der Waals surface area contributed by atoms with E-state index in [1.54, 1.807) is 11.3 Å². The highest BCUT2D eigenvalue weighted by molar-refractivity contribution is 7.21. The number of fused-ring (bicyclic) bond motifs is 1. The molecule has 0 bridgehead atoms. The fourth-order valence-electron chi connectivity index (χ4n) is 3.73. The molecule has 0 aliphatic carbocycles. The Balaban J connectivity index is 1.30. The van der Waals surface area contributed by atoms with Crippen molar-refractivity contribution in [3.63, 3.8) is 0 Å². The van der Waals surface area contributed by atoms with Gasteiger partial charge in [0.25, 0.3) is 0 Å². The van der Waals surface area contributed by atoms with Gasteiger partial charge in [0.05, 0.1) is 10.2 Å². The summed E-state index contributed by atoms with van der Waals surface area (Å²) in [6, 6.07) is 12.6. The van der Waals surface area contributed by atoms with Crippen LogP contribution in [0.15, 0.2) is 42.6 Å². The Labute approximate surface area is 171 Å². The minimum absolute atomic E-state index is 0.694. The van der Waals surface area contributed by atoms with Crippen LogP contribution in [0.25, 0.3) is 20.8 Å². The lowest BCUT2D eigenvalue weighted by Gasteiger charge is -2.32. The summed E-state index contributed by atoms with van der Waals surface area (Å²) in [6.07, 6.45) is 8.07. The van der Waals surface area contributed by atoms with Gasteiger partial charge in [-0.05, 0) is 49.4 Å². The van der Waals surface area contributed by atoms with Gasteiger partial charge >= 0.3 is 0 Å². The Hall–Kier alpha value is -1.98. The van der Waals surface area contributed by atoms with Crippen LogP contribution >= 0.6 is 11.3 Å². The number of ether oxygens (including phenoxy) is 1. The van der Waals surface area contributed by atoms with Gasteiger partial charge in [-0.3, -0.25) is 0 Å². The zero-order valence-corrected chi connectivity index (χ0v) is 17.5. The van der Waals surface area contributed by atoms with Gasteiger partial charge in [-0.25, -0.2) is 9.97 Å². The summed E-state index contributed by atoms with van der Waals surface area (Å²) in [5.74, 6) is 1.77. The molecule has 148 valence electrons. The lowest BCUT2D eigenvalue weighted by molar-refractivity contribution is 0.0875. The highest BCUT2D eigenvalue weighted by atomic mass is 32.1. The maximum atomic E-state index is 5.87. The standard InChI is InChI=1S/C23H29N3OS/c1-2-3-6-15-27-17-18-11-13-26(14-12-18)22-10-9-19(16-24-22)23-25-20-7-4-5-8-21(20)28-23/h4-5,7-10,16,18H,2-3,6,11-15,17H2,1H3. The van der Waals surface area contributed by atoms with Crippen molar-refractivity contribution in [2.75, 3.05) is 31.2 Å². The molecule has 3 heterocycles. The van der Waals surface area contributed by atoms with Crippen LogP contribution < -0.4 is 4.90 Å². The van der Waals surface area contributed by atoms with E-state index in [2.05, 4.69) is 42.2 Å². The number of thiazole rings is 1. The van der Waals surface area contributed by atoms with E-state index in [1.165, 1.54) is 36.8 Å². The van der Waals surface area contributed by atoms with E-state index in [0.29, 0.717) is 5.92 Å². The molecule has 1 fully saturated rings. The Bertz CT molecular complexity index is 836. The van der Waals surface area contributed by atoms with Crippen LogP contribution in [0.3, 0.4) is 0 Å². The predicted molar refractivity (Wildman–Crippen MR) is 118 cm³/mol. The first-order chi connectivity index (χ1) is 13.8. The largest absolute Gasteiger partial charge is 0.381 e. The number of benzene rings is 1. The van der Waals surface area contributed by atoms with E-state index in [0.717, 1.165) is 48.2 Å². The van der Waals surface area contributed by atoms with Gasteiger partial charge in [0.15, 0.2) is 0 Å². The number of anilines is 1. The van der Waals surface area contributed by atoms with Crippen LogP contribution in [0, 0.1) is 5.92 Å². The molecule has 0 N–H and O–H groups in total. The van der Waals surface area contributed by atoms with Gasteiger partial charge in [-0.2, -0.15) is 0 Å². The number of pyridine rings is 1. The third-order valence-electron chi connectivity index (χ3n) is 5.47. The molecule has 28 heavy (non-hydrogen) atoms. The number of hydrogen-bond donors (Lipinski definition) is 0. The molecule has 0 saturated carbocycles. The molecule has 4 nitrogen and oxygen atoms in total. The Morgan fingerprint density at radius 3 is 2.71 bits per heavy atom. The number of piperidine rings is 1. The minimum atomic E-state index is 0.694. The molecule has 5 heteroatoms. The quantitative estimate of drug-likeness (QED) is 0.453. The van der Waals surface area contributed by atoms with E-state index < -0.39 is 0 Å². The lowest BCUT2D eigenvalue weighted by atomic mass is 9.98. The number of nitrogens with zero attached hydrogens (tertiary/aromatic N) is 3. The molecule has 1 aliphatic heterocycles. The molecule has 1 aromatic carbocycles. The van der Waals surface area contributed by atoms with E-state index in [1.807, 2.05) is 12.3 Å². The van der Waals surface area contributed by atoms with Crippen LogP contribution in [0.4, 0.5) is 5.82 Å². The average molecular weight is 396 g/mol. The fraction of sp³-hybridized carbons (Fsp3) is 0.478. The van der Waals surface area contributed by atoms with Crippen molar-refractivity contribution in [2.24, 2.45) is 5.92 Å². The number of unbranched alkanes of at least 4 members (excludes halogenated alkanes) is 2. The summed E-state index contributed by atoms with van der Waals surface area (Å²) in [5.41, 5.74) is 2.16. The zero-order chi connectivity index (χ0) is 19.2. The molecule has 4 rings (SSSR count). The third-order valence-corrected chi connectivity index (χ3v) is 6.56. The molecule has 1 aliphatic rings. The molecule has 1 saturated heterocycles. The van der Waals surface area contributed by atoms with Crippen LogP contribution in [-0.4, -0.2) is 36.3 Å². The molecule has 0 radical (unpaired) electrons. The van der Waals surface area contributed by atoms with Crippen molar-refractivity contribution in [1.82, 2.24) is 9.97 Å². The van der Waals surface area contributed by atoms with Crippen molar-refractivity contribution in [1.29, 1.82) is 0 Å². The van der Waals surface area contributed by atoms with E-state index in [-0.39, 0.29) is 0 Å². The van der Waals surface area contributed by atoms with Crippen molar-refractivity contribution >= 4 is 27.4 Å². The maximum Gasteiger partial charge on any atom is 0.128 e. The van der Waals surface area contributed by atoms with Crippen molar-refractivity contribution in [3.8, 4) is 10.6 Å². The van der Waals surface area contributed by atoms with Gasteiger partial charge in [0, 0.05) is 38.1 Å². The van der Waals surface area contributed by atoms with Crippen LogP contribution in [0.2, 0.25) is 0 Å². The molecule has 0 atom stereocenters. The van der Waals surface area contributed by atoms with Crippen LogP contribution in [-0.2, 0) is 4.74 Å². The average Bonchev–Trinajstić information content (AvgIpc) is 3.19. The highest BCUT2D eigenvalue weighted by Crippen LogP contribution is 2.30. The van der Waals surface area contributed by atoms with Gasteiger partial charge < -0.3 is 9.64 Å². The molecule has 0 unspecified atom stereocenters. The fourth-order valence-corrected chi connectivity index (χ4v) is 4.68. The second kappa shape index (κ2) is 9.48.